The molecule has 0 amide bonds. The van der Waals surface area contributed by atoms with E-state index in [9.17, 15) is 0 Å². The zero-order chi connectivity index (χ0) is 15.2. The van der Waals surface area contributed by atoms with E-state index in [4.69, 9.17) is 4.74 Å². The summed E-state index contributed by atoms with van der Waals surface area (Å²) in [4.78, 5) is 0. The Morgan fingerprint density at radius 3 is 2.45 bits per heavy atom. The van der Waals surface area contributed by atoms with Crippen LogP contribution in [0.3, 0.4) is 0 Å². The van der Waals surface area contributed by atoms with Gasteiger partial charge >= 0.3 is 0 Å². The van der Waals surface area contributed by atoms with E-state index in [1.54, 1.807) is 7.11 Å². The van der Waals surface area contributed by atoms with Crippen LogP contribution in [0.2, 0.25) is 0 Å². The zero-order valence-electron chi connectivity index (χ0n) is 14.0. The lowest BCUT2D eigenvalue weighted by atomic mass is 9.74. The SMILES string of the molecule is COCCNCC(C)(Cc1ccc(C)c(C)c1)C(C)C. The first-order valence-electron chi connectivity index (χ1n) is 7.65. The van der Waals surface area contributed by atoms with Gasteiger partial charge in [-0.1, -0.05) is 39.0 Å². The molecule has 0 aromatic heterocycles. The molecule has 114 valence electrons. The van der Waals surface area contributed by atoms with Crippen molar-refractivity contribution in [3.05, 3.63) is 34.9 Å². The molecule has 20 heavy (non-hydrogen) atoms. The molecule has 0 fully saturated rings. The van der Waals surface area contributed by atoms with Crippen molar-refractivity contribution >= 4 is 0 Å². The van der Waals surface area contributed by atoms with E-state index in [2.05, 4.69) is 58.1 Å². The highest BCUT2D eigenvalue weighted by atomic mass is 16.5. The number of ether oxygens (including phenoxy) is 1. The minimum atomic E-state index is 0.273. The lowest BCUT2D eigenvalue weighted by Gasteiger charge is -2.34. The second-order valence-electron chi connectivity index (χ2n) is 6.57. The average Bonchev–Trinajstić information content (AvgIpc) is 2.39. The molecule has 0 aliphatic heterocycles. The van der Waals surface area contributed by atoms with E-state index in [0.717, 1.165) is 26.1 Å². The Morgan fingerprint density at radius 2 is 1.90 bits per heavy atom. The Balaban J connectivity index is 2.72. The minimum Gasteiger partial charge on any atom is -0.383 e. The molecule has 0 radical (unpaired) electrons. The van der Waals surface area contributed by atoms with Gasteiger partial charge in [-0.25, -0.2) is 0 Å². The third kappa shape index (κ3) is 4.92. The first kappa shape index (κ1) is 17.2. The van der Waals surface area contributed by atoms with Crippen LogP contribution in [-0.4, -0.2) is 26.8 Å². The Kier molecular flexibility index (Phi) is 6.70. The molecule has 0 spiro atoms. The third-order valence-corrected chi connectivity index (χ3v) is 4.58. The van der Waals surface area contributed by atoms with Crippen molar-refractivity contribution in [2.45, 2.75) is 41.0 Å². The van der Waals surface area contributed by atoms with Crippen molar-refractivity contribution in [2.75, 3.05) is 26.8 Å². The highest BCUT2D eigenvalue weighted by Gasteiger charge is 2.28. The van der Waals surface area contributed by atoms with Crippen molar-refractivity contribution < 1.29 is 4.74 Å². The molecule has 1 rings (SSSR count). The predicted molar refractivity (Wildman–Crippen MR) is 87.3 cm³/mol. The molecule has 1 atom stereocenters. The average molecular weight is 277 g/mol. The van der Waals surface area contributed by atoms with Crippen LogP contribution in [0.1, 0.15) is 37.5 Å². The molecule has 2 heteroatoms. The van der Waals surface area contributed by atoms with Crippen LogP contribution in [0.25, 0.3) is 0 Å². The number of rotatable bonds is 8. The summed E-state index contributed by atoms with van der Waals surface area (Å²) in [6.07, 6.45) is 1.12. The van der Waals surface area contributed by atoms with Gasteiger partial charge in [0.05, 0.1) is 6.61 Å². The molecule has 0 bridgehead atoms. The molecule has 0 saturated heterocycles. The number of benzene rings is 1. The van der Waals surface area contributed by atoms with Gasteiger partial charge in [-0.15, -0.1) is 0 Å². The normalized spacial score (nSPS) is 14.6. The fraction of sp³-hybridized carbons (Fsp3) is 0.667. The van der Waals surface area contributed by atoms with Gasteiger partial charge < -0.3 is 10.1 Å². The van der Waals surface area contributed by atoms with E-state index in [1.165, 1.54) is 16.7 Å². The minimum absolute atomic E-state index is 0.273. The molecule has 0 aliphatic carbocycles. The molecular formula is C18H31NO. The molecule has 1 N–H and O–H groups in total. The van der Waals surface area contributed by atoms with E-state index in [-0.39, 0.29) is 5.41 Å². The quantitative estimate of drug-likeness (QED) is 0.731. The van der Waals surface area contributed by atoms with E-state index < -0.39 is 0 Å². The highest BCUT2D eigenvalue weighted by molar-refractivity contribution is 5.30. The molecule has 0 heterocycles. The standard InChI is InChI=1S/C18H31NO/c1-14(2)18(5,13-19-9-10-20-6)12-17-8-7-15(3)16(4)11-17/h7-8,11,14,19H,9-10,12-13H2,1-6H3. The van der Waals surface area contributed by atoms with Gasteiger partial charge in [-0.3, -0.25) is 0 Å². The summed E-state index contributed by atoms with van der Waals surface area (Å²) in [6.45, 7) is 14.1. The lowest BCUT2D eigenvalue weighted by Crippen LogP contribution is -2.39. The number of hydrogen-bond donors (Lipinski definition) is 1. The van der Waals surface area contributed by atoms with Crippen LogP contribution in [-0.2, 0) is 11.2 Å². The summed E-state index contributed by atoms with van der Waals surface area (Å²) >= 11 is 0. The Morgan fingerprint density at radius 1 is 1.20 bits per heavy atom. The maximum atomic E-state index is 5.10. The van der Waals surface area contributed by atoms with Crippen LogP contribution in [0.4, 0.5) is 0 Å². The van der Waals surface area contributed by atoms with Gasteiger partial charge in [-0.05, 0) is 48.3 Å². The highest BCUT2D eigenvalue weighted by Crippen LogP contribution is 2.31. The maximum Gasteiger partial charge on any atom is 0.0587 e. The largest absolute Gasteiger partial charge is 0.383 e. The molecule has 2 nitrogen and oxygen atoms in total. The summed E-state index contributed by atoms with van der Waals surface area (Å²) in [5, 5.41) is 3.53. The smallest absolute Gasteiger partial charge is 0.0587 e. The lowest BCUT2D eigenvalue weighted by molar-refractivity contribution is 0.175. The van der Waals surface area contributed by atoms with E-state index in [0.29, 0.717) is 5.92 Å². The van der Waals surface area contributed by atoms with Gasteiger partial charge in [0, 0.05) is 20.2 Å². The predicted octanol–water partition coefficient (Wildman–Crippen LogP) is 3.74. The molecule has 1 aromatic rings. The summed E-state index contributed by atoms with van der Waals surface area (Å²) in [7, 11) is 1.75. The van der Waals surface area contributed by atoms with Crippen molar-refractivity contribution in [1.29, 1.82) is 0 Å². The number of hydrogen-bond acceptors (Lipinski definition) is 2. The van der Waals surface area contributed by atoms with Crippen LogP contribution in [0.15, 0.2) is 18.2 Å². The maximum absolute atomic E-state index is 5.10. The van der Waals surface area contributed by atoms with Crippen molar-refractivity contribution in [3.63, 3.8) is 0 Å². The third-order valence-electron chi connectivity index (χ3n) is 4.58. The van der Waals surface area contributed by atoms with Gasteiger partial charge in [0.1, 0.15) is 0 Å². The number of methoxy groups -OCH3 is 1. The van der Waals surface area contributed by atoms with Gasteiger partial charge in [0.15, 0.2) is 0 Å². The van der Waals surface area contributed by atoms with Crippen LogP contribution in [0, 0.1) is 25.2 Å². The molecule has 0 saturated carbocycles. The number of nitrogens with one attached hydrogen (secondary N) is 1. The fourth-order valence-electron chi connectivity index (χ4n) is 2.40. The molecule has 0 aliphatic rings. The Labute approximate surface area is 124 Å². The van der Waals surface area contributed by atoms with E-state index in [1.807, 2.05) is 0 Å². The summed E-state index contributed by atoms with van der Waals surface area (Å²) in [5.41, 5.74) is 4.48. The second kappa shape index (κ2) is 7.80. The second-order valence-corrected chi connectivity index (χ2v) is 6.57. The van der Waals surface area contributed by atoms with Gasteiger partial charge in [0.2, 0.25) is 0 Å². The molecule has 1 unspecified atom stereocenters. The fourth-order valence-corrected chi connectivity index (χ4v) is 2.40. The van der Waals surface area contributed by atoms with Crippen molar-refractivity contribution in [3.8, 4) is 0 Å². The summed E-state index contributed by atoms with van der Waals surface area (Å²) in [6, 6.07) is 6.85. The Bertz CT molecular complexity index is 414. The monoisotopic (exact) mass is 277 g/mol. The topological polar surface area (TPSA) is 21.3 Å². The zero-order valence-corrected chi connectivity index (χ0v) is 14.0. The Hall–Kier alpha value is -0.860. The van der Waals surface area contributed by atoms with E-state index >= 15 is 0 Å². The van der Waals surface area contributed by atoms with Crippen molar-refractivity contribution in [2.24, 2.45) is 11.3 Å². The first-order chi connectivity index (χ1) is 9.39. The van der Waals surface area contributed by atoms with Crippen LogP contribution >= 0.6 is 0 Å². The van der Waals surface area contributed by atoms with Gasteiger partial charge in [-0.2, -0.15) is 0 Å². The van der Waals surface area contributed by atoms with Crippen LogP contribution in [0.5, 0.6) is 0 Å². The summed E-state index contributed by atoms with van der Waals surface area (Å²) in [5.74, 6) is 0.638. The van der Waals surface area contributed by atoms with Crippen molar-refractivity contribution in [1.82, 2.24) is 5.32 Å². The number of aryl methyl sites for hydroxylation is 2. The first-order valence-corrected chi connectivity index (χ1v) is 7.65. The van der Waals surface area contributed by atoms with Crippen LogP contribution < -0.4 is 5.32 Å². The molecular weight excluding hydrogens is 246 g/mol. The summed E-state index contributed by atoms with van der Waals surface area (Å²) < 4.78 is 5.10. The van der Waals surface area contributed by atoms with Gasteiger partial charge in [0.25, 0.3) is 0 Å². The molecule has 1 aromatic carbocycles.